The second-order valence-electron chi connectivity index (χ2n) is 8.83. The molecule has 2 heterocycles. The number of hydrogen-bond donors (Lipinski definition) is 1. The van der Waals surface area contributed by atoms with E-state index in [-0.39, 0.29) is 28.9 Å². The number of carbonyl (C=O) groups is 1. The van der Waals surface area contributed by atoms with Gasteiger partial charge in [0.1, 0.15) is 21.8 Å². The Morgan fingerprint density at radius 2 is 1.73 bits per heavy atom. The minimum atomic E-state index is -3.81. The van der Waals surface area contributed by atoms with Crippen LogP contribution in [0.5, 0.6) is 5.75 Å². The largest absolute Gasteiger partial charge is 0.495 e. The van der Waals surface area contributed by atoms with Crippen LogP contribution in [0.1, 0.15) is 6.92 Å². The summed E-state index contributed by atoms with van der Waals surface area (Å²) in [7, 11) is -2.26. The van der Waals surface area contributed by atoms with Gasteiger partial charge in [0, 0.05) is 48.0 Å². The molecule has 37 heavy (non-hydrogen) atoms. The number of piperazine rings is 1. The van der Waals surface area contributed by atoms with Crippen molar-refractivity contribution in [2.45, 2.75) is 17.9 Å². The SMILES string of the molecule is COc1cc2c(cc1NC(=O)[C@@H](C)N1CCN(S(=O)(=O)c3cc(Cl)ccc3Cl)CC1)oc1ccccc12. The maximum absolute atomic E-state index is 13.2. The average molecular weight is 562 g/mol. The first-order valence-corrected chi connectivity index (χ1v) is 13.9. The van der Waals surface area contributed by atoms with Crippen LogP contribution >= 0.6 is 23.2 Å². The number of nitrogens with zero attached hydrogens (tertiary/aromatic N) is 2. The number of ether oxygens (including phenoxy) is 1. The highest BCUT2D eigenvalue weighted by Gasteiger charge is 2.33. The van der Waals surface area contributed by atoms with E-state index in [0.29, 0.717) is 35.1 Å². The first kappa shape index (κ1) is 25.8. The normalized spacial score (nSPS) is 16.2. The second-order valence-corrected chi connectivity index (χ2v) is 11.6. The Balaban J connectivity index is 1.29. The van der Waals surface area contributed by atoms with Crippen LogP contribution in [0, 0.1) is 0 Å². The van der Waals surface area contributed by atoms with Crippen LogP contribution in [-0.2, 0) is 14.8 Å². The van der Waals surface area contributed by atoms with Crippen molar-refractivity contribution in [1.82, 2.24) is 9.21 Å². The molecule has 1 saturated heterocycles. The number of furan rings is 1. The van der Waals surface area contributed by atoms with Crippen molar-refractivity contribution in [3.8, 4) is 5.75 Å². The number of fused-ring (bicyclic) bond motifs is 3. The number of amides is 1. The predicted octanol–water partition coefficient (Wildman–Crippen LogP) is 5.23. The van der Waals surface area contributed by atoms with Crippen LogP contribution in [0.15, 0.2) is 63.9 Å². The molecule has 0 spiro atoms. The van der Waals surface area contributed by atoms with Gasteiger partial charge in [-0.25, -0.2) is 8.42 Å². The van der Waals surface area contributed by atoms with E-state index in [1.54, 1.807) is 26.2 Å². The smallest absolute Gasteiger partial charge is 0.244 e. The van der Waals surface area contributed by atoms with Crippen molar-refractivity contribution in [2.24, 2.45) is 0 Å². The monoisotopic (exact) mass is 561 g/mol. The van der Waals surface area contributed by atoms with E-state index >= 15 is 0 Å². The fraction of sp³-hybridized carbons (Fsp3) is 0.269. The Bertz CT molecular complexity index is 1600. The molecule has 5 rings (SSSR count). The summed E-state index contributed by atoms with van der Waals surface area (Å²) in [6, 6.07) is 15.2. The Kier molecular flexibility index (Phi) is 7.08. The Hall–Kier alpha value is -2.82. The summed E-state index contributed by atoms with van der Waals surface area (Å²) in [6.45, 7) is 2.99. The quantitative estimate of drug-likeness (QED) is 0.346. The minimum Gasteiger partial charge on any atom is -0.495 e. The first-order valence-electron chi connectivity index (χ1n) is 11.7. The molecule has 0 bridgehead atoms. The number of methoxy groups -OCH3 is 1. The molecular weight excluding hydrogens is 537 g/mol. The maximum Gasteiger partial charge on any atom is 0.244 e. The van der Waals surface area contributed by atoms with Crippen LogP contribution < -0.4 is 10.1 Å². The van der Waals surface area contributed by atoms with E-state index in [1.165, 1.54) is 16.4 Å². The van der Waals surface area contributed by atoms with Crippen LogP contribution in [-0.4, -0.2) is 62.9 Å². The van der Waals surface area contributed by atoms with Gasteiger partial charge in [0.05, 0.1) is 23.9 Å². The molecule has 3 aromatic carbocycles. The highest BCUT2D eigenvalue weighted by molar-refractivity contribution is 7.89. The number of anilines is 1. The molecule has 4 aromatic rings. The number of carbonyl (C=O) groups excluding carboxylic acids is 1. The van der Waals surface area contributed by atoms with Crippen LogP contribution in [0.4, 0.5) is 5.69 Å². The standard InChI is InChI=1S/C26H25Cl2N3O5S/c1-16(30-9-11-31(12-10-30)37(33,34)25-13-17(27)7-8-20(25)28)26(32)29-21-15-23-19(14-24(21)35-2)18-5-3-4-6-22(18)36-23/h3-8,13-16H,9-12H2,1-2H3,(H,29,32)/t16-/m1/s1. The third kappa shape index (κ3) is 4.89. The highest BCUT2D eigenvalue weighted by Crippen LogP contribution is 2.36. The molecular formula is C26H25Cl2N3O5S. The average Bonchev–Trinajstić information content (AvgIpc) is 3.26. The van der Waals surface area contributed by atoms with Gasteiger partial charge in [0.2, 0.25) is 15.9 Å². The minimum absolute atomic E-state index is 0.0195. The number of hydrogen-bond acceptors (Lipinski definition) is 6. The third-order valence-electron chi connectivity index (χ3n) is 6.67. The van der Waals surface area contributed by atoms with E-state index in [0.717, 1.165) is 16.4 Å². The summed E-state index contributed by atoms with van der Waals surface area (Å²) in [5.41, 5.74) is 1.90. The Morgan fingerprint density at radius 3 is 2.46 bits per heavy atom. The summed E-state index contributed by atoms with van der Waals surface area (Å²) in [6.07, 6.45) is 0. The number of benzene rings is 3. The number of halogens is 2. The lowest BCUT2D eigenvalue weighted by atomic mass is 10.1. The Morgan fingerprint density at radius 1 is 1.00 bits per heavy atom. The van der Waals surface area contributed by atoms with E-state index in [9.17, 15) is 13.2 Å². The third-order valence-corrected chi connectivity index (χ3v) is 9.28. The lowest BCUT2D eigenvalue weighted by Gasteiger charge is -2.36. The summed E-state index contributed by atoms with van der Waals surface area (Å²) >= 11 is 12.1. The second kappa shape index (κ2) is 10.2. The summed E-state index contributed by atoms with van der Waals surface area (Å²) in [5, 5.41) is 5.23. The fourth-order valence-electron chi connectivity index (χ4n) is 4.57. The number of para-hydroxylation sites is 1. The molecule has 1 aliphatic heterocycles. The molecule has 11 heteroatoms. The van der Waals surface area contributed by atoms with Crippen molar-refractivity contribution in [1.29, 1.82) is 0 Å². The van der Waals surface area contributed by atoms with Gasteiger partial charge in [-0.05, 0) is 37.3 Å². The number of nitrogens with one attached hydrogen (secondary N) is 1. The summed E-state index contributed by atoms with van der Waals surface area (Å²) < 4.78 is 39.1. The molecule has 0 aliphatic carbocycles. The first-order chi connectivity index (χ1) is 17.7. The van der Waals surface area contributed by atoms with E-state index in [1.807, 2.05) is 35.2 Å². The lowest BCUT2D eigenvalue weighted by molar-refractivity contribution is -0.121. The predicted molar refractivity (Wildman–Crippen MR) is 145 cm³/mol. The van der Waals surface area contributed by atoms with Crippen molar-refractivity contribution in [3.05, 3.63) is 64.6 Å². The van der Waals surface area contributed by atoms with E-state index in [4.69, 9.17) is 32.4 Å². The number of sulfonamides is 1. The van der Waals surface area contributed by atoms with Crippen molar-refractivity contribution in [2.75, 3.05) is 38.6 Å². The molecule has 8 nitrogen and oxygen atoms in total. The van der Waals surface area contributed by atoms with Crippen LogP contribution in [0.2, 0.25) is 10.0 Å². The van der Waals surface area contributed by atoms with Crippen LogP contribution in [0.25, 0.3) is 21.9 Å². The molecule has 194 valence electrons. The molecule has 0 saturated carbocycles. The molecule has 0 radical (unpaired) electrons. The zero-order chi connectivity index (χ0) is 26.3. The highest BCUT2D eigenvalue weighted by atomic mass is 35.5. The summed E-state index contributed by atoms with van der Waals surface area (Å²) in [5.74, 6) is 0.289. The topological polar surface area (TPSA) is 92.1 Å². The van der Waals surface area contributed by atoms with Crippen molar-refractivity contribution in [3.63, 3.8) is 0 Å². The van der Waals surface area contributed by atoms with Crippen molar-refractivity contribution >= 4 is 66.8 Å². The molecule has 1 aliphatic rings. The van der Waals surface area contributed by atoms with E-state index < -0.39 is 16.1 Å². The van der Waals surface area contributed by atoms with Gasteiger partial charge in [-0.1, -0.05) is 41.4 Å². The van der Waals surface area contributed by atoms with Crippen LogP contribution in [0.3, 0.4) is 0 Å². The van der Waals surface area contributed by atoms with Gasteiger partial charge in [-0.2, -0.15) is 4.31 Å². The Labute approximate surface area is 224 Å². The van der Waals surface area contributed by atoms with Crippen molar-refractivity contribution < 1.29 is 22.4 Å². The molecule has 1 fully saturated rings. The molecule has 1 aromatic heterocycles. The van der Waals surface area contributed by atoms with Gasteiger partial charge < -0.3 is 14.5 Å². The van der Waals surface area contributed by atoms with E-state index in [2.05, 4.69) is 5.32 Å². The molecule has 1 amide bonds. The van der Waals surface area contributed by atoms with Gasteiger partial charge in [-0.15, -0.1) is 0 Å². The fourth-order valence-corrected chi connectivity index (χ4v) is 6.73. The van der Waals surface area contributed by atoms with Gasteiger partial charge >= 0.3 is 0 Å². The van der Waals surface area contributed by atoms with Gasteiger partial charge in [0.25, 0.3) is 0 Å². The zero-order valence-corrected chi connectivity index (χ0v) is 22.5. The number of rotatable bonds is 6. The molecule has 0 unspecified atom stereocenters. The maximum atomic E-state index is 13.2. The zero-order valence-electron chi connectivity index (χ0n) is 20.2. The molecule has 1 N–H and O–H groups in total. The molecule has 1 atom stereocenters. The van der Waals surface area contributed by atoms with Gasteiger partial charge in [0.15, 0.2) is 0 Å². The summed E-state index contributed by atoms with van der Waals surface area (Å²) in [4.78, 5) is 15.1. The van der Waals surface area contributed by atoms with Gasteiger partial charge in [-0.3, -0.25) is 9.69 Å². The lowest BCUT2D eigenvalue weighted by Crippen LogP contribution is -2.53.